The molecule has 528 valence electrons. The molecule has 0 radical (unpaired) electrons. The van der Waals surface area contributed by atoms with Crippen molar-refractivity contribution in [3.63, 3.8) is 0 Å². The van der Waals surface area contributed by atoms with Crippen molar-refractivity contribution in [3.05, 3.63) is 85.1 Å². The molecule has 0 aromatic rings. The molecule has 0 spiro atoms. The third kappa shape index (κ3) is 67.9. The van der Waals surface area contributed by atoms with Gasteiger partial charge < -0.3 is 34.2 Å². The van der Waals surface area contributed by atoms with Crippen LogP contribution in [0, 0.1) is 0 Å². The molecule has 0 saturated heterocycles. The van der Waals surface area contributed by atoms with Gasteiger partial charge in [0.2, 0.25) is 0 Å². The van der Waals surface area contributed by atoms with E-state index in [9.17, 15) is 43.5 Å². The van der Waals surface area contributed by atoms with Crippen molar-refractivity contribution in [2.75, 3.05) is 39.6 Å². The maximum atomic E-state index is 12.9. The van der Waals surface area contributed by atoms with Gasteiger partial charge in [-0.15, -0.1) is 0 Å². The van der Waals surface area contributed by atoms with E-state index in [1.807, 2.05) is 0 Å². The van der Waals surface area contributed by atoms with Gasteiger partial charge in [0, 0.05) is 19.3 Å². The van der Waals surface area contributed by atoms with E-state index in [4.69, 9.17) is 32.3 Å². The van der Waals surface area contributed by atoms with Gasteiger partial charge in [-0.3, -0.25) is 32.5 Å². The number of unbranched alkanes of at least 4 members (excludes halogenated alkanes) is 31. The Morgan fingerprint density at radius 3 is 0.934 bits per heavy atom. The lowest BCUT2D eigenvalue weighted by Gasteiger charge is -2.21. The number of allylic oxidation sites excluding steroid dienone is 14. The molecule has 91 heavy (non-hydrogen) atoms. The van der Waals surface area contributed by atoms with Crippen LogP contribution < -0.4 is 0 Å². The van der Waals surface area contributed by atoms with Gasteiger partial charge in [0.25, 0.3) is 0 Å². The molecule has 18 heteroatoms. The molecule has 0 amide bonds. The summed E-state index contributed by atoms with van der Waals surface area (Å²) < 4.78 is 60.9. The number of esters is 3. The van der Waals surface area contributed by atoms with E-state index in [1.54, 1.807) is 0 Å². The van der Waals surface area contributed by atoms with Crippen LogP contribution in [0.25, 0.3) is 0 Å². The van der Waals surface area contributed by atoms with Gasteiger partial charge in [-0.05, 0) is 96.3 Å². The molecule has 4 N–H and O–H groups in total. The highest BCUT2D eigenvalue weighted by Gasteiger charge is 2.29. The highest BCUT2D eigenvalue weighted by Crippen LogP contribution is 2.45. The quantitative estimate of drug-likeness (QED) is 0.0146. The number of hydrogen-bond donors (Lipinski definition) is 4. The summed E-state index contributed by atoms with van der Waals surface area (Å²) in [4.78, 5) is 58.4. The number of phosphoric acid groups is 2. The van der Waals surface area contributed by atoms with E-state index in [2.05, 4.69) is 106 Å². The number of hydrogen-bond acceptors (Lipinski definition) is 14. The fourth-order valence-corrected chi connectivity index (χ4v) is 11.2. The highest BCUT2D eigenvalue weighted by molar-refractivity contribution is 7.47. The molecular formula is C73H130O16P2. The maximum absolute atomic E-state index is 12.9. The molecule has 0 aliphatic carbocycles. The third-order valence-electron chi connectivity index (χ3n) is 15.1. The Labute approximate surface area is 553 Å². The SMILES string of the molecule is CC/C=C\C/C=C\C/C=C\C/C=C\C/C=C\C/C=C\CCCCCCCCCCC(=O)OCC(O)COP(=O)(O)OCC(O)COP(=O)(O)OCC(COC(=O)CCCCCCC/C=C\CCCCCCCC)OC(=O)CCCCCCCCCCCCCCC. The Bertz CT molecular complexity index is 2000. The van der Waals surface area contributed by atoms with Crippen molar-refractivity contribution < 1.29 is 75.8 Å². The zero-order chi connectivity index (χ0) is 66.7. The average molecular weight is 1330 g/mol. The first-order chi connectivity index (χ1) is 44.2. The number of ether oxygens (including phenoxy) is 3. The zero-order valence-electron chi connectivity index (χ0n) is 57.3. The summed E-state index contributed by atoms with van der Waals surface area (Å²) in [6, 6.07) is 0. The van der Waals surface area contributed by atoms with Crippen molar-refractivity contribution in [2.45, 2.75) is 322 Å². The van der Waals surface area contributed by atoms with Crippen molar-refractivity contribution >= 4 is 33.6 Å². The summed E-state index contributed by atoms with van der Waals surface area (Å²) in [5.74, 6) is -1.58. The minimum atomic E-state index is -4.92. The Hall–Kier alpha value is -3.27. The first-order valence-electron chi connectivity index (χ1n) is 35.9. The Morgan fingerprint density at radius 2 is 0.582 bits per heavy atom. The summed E-state index contributed by atoms with van der Waals surface area (Å²) in [6.07, 6.45) is 72.1. The Morgan fingerprint density at radius 1 is 0.319 bits per heavy atom. The molecule has 5 unspecified atom stereocenters. The van der Waals surface area contributed by atoms with Crippen molar-refractivity contribution in [1.82, 2.24) is 0 Å². The predicted octanol–water partition coefficient (Wildman–Crippen LogP) is 20.1. The summed E-state index contributed by atoms with van der Waals surface area (Å²) in [5.41, 5.74) is 0. The van der Waals surface area contributed by atoms with Crippen LogP contribution in [-0.2, 0) is 55.8 Å². The molecule has 0 aliphatic rings. The lowest BCUT2D eigenvalue weighted by molar-refractivity contribution is -0.161. The van der Waals surface area contributed by atoms with Crippen molar-refractivity contribution in [1.29, 1.82) is 0 Å². The lowest BCUT2D eigenvalue weighted by atomic mass is 10.0. The minimum absolute atomic E-state index is 0.108. The standard InChI is InChI=1S/C73H130O16P2/c1-4-7-10-13-16-19-22-25-27-28-29-30-31-32-33-34-35-36-37-38-40-43-44-47-50-53-56-59-71(76)83-62-68(74)63-85-90(79,80)86-64-69(75)65-87-91(81,82)88-67-70(89-73(78)61-58-55-52-49-46-41-24-21-18-15-12-9-6-3)66-84-72(77)60-57-54-51-48-45-42-39-26-23-20-17-14-11-8-5-2/h7,10,16,19,25-27,29-30,32-33,35-36,39,68-70,74-75H,4-6,8-9,11-15,17-18,20-24,28,31,34,37-38,40-67H2,1-3H3,(H,79,80)(H,81,82)/b10-7-,19-16-,27-25-,30-29-,33-32-,36-35-,39-26-. The molecule has 0 rings (SSSR count). The largest absolute Gasteiger partial charge is 0.472 e. The number of carbonyl (C=O) groups is 3. The van der Waals surface area contributed by atoms with E-state index in [-0.39, 0.29) is 19.3 Å². The van der Waals surface area contributed by atoms with Crippen LogP contribution in [0.2, 0.25) is 0 Å². The van der Waals surface area contributed by atoms with E-state index >= 15 is 0 Å². The Balaban J connectivity index is 4.50. The molecule has 0 saturated carbocycles. The summed E-state index contributed by atoms with van der Waals surface area (Å²) in [7, 11) is -9.77. The third-order valence-corrected chi connectivity index (χ3v) is 17.0. The van der Waals surface area contributed by atoms with Gasteiger partial charge in [-0.1, -0.05) is 273 Å². The second-order valence-electron chi connectivity index (χ2n) is 24.0. The van der Waals surface area contributed by atoms with Crippen molar-refractivity contribution in [3.8, 4) is 0 Å². The molecule has 0 fully saturated rings. The van der Waals surface area contributed by atoms with Gasteiger partial charge in [0.05, 0.1) is 26.4 Å². The predicted molar refractivity (Wildman–Crippen MR) is 371 cm³/mol. The van der Waals surface area contributed by atoms with E-state index in [0.717, 1.165) is 135 Å². The number of aliphatic hydroxyl groups is 2. The van der Waals surface area contributed by atoms with Crippen LogP contribution in [0.4, 0.5) is 0 Å². The topological polar surface area (TPSA) is 231 Å². The first kappa shape index (κ1) is 87.7. The fraction of sp³-hybridized carbons (Fsp3) is 0.767. The number of phosphoric ester groups is 2. The van der Waals surface area contributed by atoms with Gasteiger partial charge in [-0.25, -0.2) is 9.13 Å². The molecule has 16 nitrogen and oxygen atoms in total. The Kier molecular flexibility index (Phi) is 64.3. The molecular weight excluding hydrogens is 1190 g/mol. The van der Waals surface area contributed by atoms with Crippen LogP contribution in [-0.4, -0.2) is 95.9 Å². The maximum Gasteiger partial charge on any atom is 0.472 e. The average Bonchev–Trinajstić information content (AvgIpc) is 3.70. The van der Waals surface area contributed by atoms with Crippen LogP contribution in [0.5, 0.6) is 0 Å². The van der Waals surface area contributed by atoms with Crippen LogP contribution in [0.3, 0.4) is 0 Å². The molecule has 0 bridgehead atoms. The second-order valence-corrected chi connectivity index (χ2v) is 26.9. The van der Waals surface area contributed by atoms with Crippen molar-refractivity contribution in [2.24, 2.45) is 0 Å². The van der Waals surface area contributed by atoms with Gasteiger partial charge in [-0.2, -0.15) is 0 Å². The molecule has 0 heterocycles. The van der Waals surface area contributed by atoms with Gasteiger partial charge in [0.15, 0.2) is 6.10 Å². The summed E-state index contributed by atoms with van der Waals surface area (Å²) in [5, 5.41) is 20.6. The smallest absolute Gasteiger partial charge is 0.463 e. The minimum Gasteiger partial charge on any atom is -0.463 e. The highest BCUT2D eigenvalue weighted by atomic mass is 31.2. The molecule has 0 aromatic carbocycles. The summed E-state index contributed by atoms with van der Waals surface area (Å²) >= 11 is 0. The van der Waals surface area contributed by atoms with Crippen LogP contribution >= 0.6 is 15.6 Å². The normalized spacial score (nSPS) is 14.7. The molecule has 0 aliphatic heterocycles. The number of rotatable bonds is 68. The number of aliphatic hydroxyl groups excluding tert-OH is 2. The van der Waals surface area contributed by atoms with Crippen LogP contribution in [0.15, 0.2) is 85.1 Å². The second kappa shape index (κ2) is 66.7. The monoisotopic (exact) mass is 1320 g/mol. The molecule has 0 aromatic heterocycles. The van der Waals surface area contributed by atoms with Gasteiger partial charge in [0.1, 0.15) is 25.4 Å². The fourth-order valence-electron chi connectivity index (χ4n) is 9.63. The van der Waals surface area contributed by atoms with E-state index in [0.29, 0.717) is 19.3 Å². The first-order valence-corrected chi connectivity index (χ1v) is 38.9. The molecule has 5 atom stereocenters. The summed E-state index contributed by atoms with van der Waals surface area (Å²) in [6.45, 7) is 2.56. The zero-order valence-corrected chi connectivity index (χ0v) is 59.0. The lowest BCUT2D eigenvalue weighted by Crippen LogP contribution is -2.30. The number of carbonyl (C=O) groups excluding carboxylic acids is 3. The van der Waals surface area contributed by atoms with E-state index in [1.165, 1.54) is 109 Å². The van der Waals surface area contributed by atoms with Gasteiger partial charge >= 0.3 is 33.6 Å². The van der Waals surface area contributed by atoms with E-state index < -0.39 is 91.5 Å². The van der Waals surface area contributed by atoms with Crippen LogP contribution in [0.1, 0.15) is 303 Å².